The number of ether oxygens (including phenoxy) is 1. The molecule has 1 aromatic rings. The van der Waals surface area contributed by atoms with Crippen molar-refractivity contribution in [2.24, 2.45) is 0 Å². The SMILES string of the molecule is CC(=O)c1ccc(COC(C)C)c(C(=O)O)c1. The fraction of sp³-hybridized carbons (Fsp3) is 0.385. The summed E-state index contributed by atoms with van der Waals surface area (Å²) in [5.41, 5.74) is 1.10. The monoisotopic (exact) mass is 236 g/mol. The van der Waals surface area contributed by atoms with Gasteiger partial charge in [-0.1, -0.05) is 12.1 Å². The van der Waals surface area contributed by atoms with Gasteiger partial charge < -0.3 is 9.84 Å². The van der Waals surface area contributed by atoms with Crippen molar-refractivity contribution in [3.8, 4) is 0 Å². The normalized spacial score (nSPS) is 10.6. The third-order valence-electron chi connectivity index (χ3n) is 2.32. The summed E-state index contributed by atoms with van der Waals surface area (Å²) in [6, 6.07) is 4.64. The van der Waals surface area contributed by atoms with Crippen LogP contribution >= 0.6 is 0 Å². The first-order valence-corrected chi connectivity index (χ1v) is 5.40. The average molecular weight is 236 g/mol. The molecule has 0 amide bonds. The van der Waals surface area contributed by atoms with Gasteiger partial charge in [-0.05, 0) is 32.4 Å². The summed E-state index contributed by atoms with van der Waals surface area (Å²) in [6.07, 6.45) is 0.0316. The van der Waals surface area contributed by atoms with Crippen LogP contribution in [0.25, 0.3) is 0 Å². The lowest BCUT2D eigenvalue weighted by atomic mass is 10.0. The van der Waals surface area contributed by atoms with Crippen LogP contribution in [0.3, 0.4) is 0 Å². The molecule has 4 heteroatoms. The molecule has 0 radical (unpaired) electrons. The molecular formula is C13H16O4. The molecule has 0 aliphatic carbocycles. The predicted octanol–water partition coefficient (Wildman–Crippen LogP) is 2.51. The van der Waals surface area contributed by atoms with Gasteiger partial charge in [0, 0.05) is 5.56 Å². The summed E-state index contributed by atoms with van der Waals surface area (Å²) in [4.78, 5) is 22.2. The summed E-state index contributed by atoms with van der Waals surface area (Å²) in [5, 5.41) is 9.07. The molecular weight excluding hydrogens is 220 g/mol. The molecule has 0 saturated carbocycles. The van der Waals surface area contributed by atoms with E-state index in [1.54, 1.807) is 12.1 Å². The number of benzene rings is 1. The van der Waals surface area contributed by atoms with Crippen LogP contribution < -0.4 is 0 Å². The van der Waals surface area contributed by atoms with Gasteiger partial charge in [0.25, 0.3) is 0 Å². The second-order valence-electron chi connectivity index (χ2n) is 4.09. The van der Waals surface area contributed by atoms with Crippen molar-refractivity contribution in [1.82, 2.24) is 0 Å². The maximum atomic E-state index is 11.2. The smallest absolute Gasteiger partial charge is 0.336 e. The van der Waals surface area contributed by atoms with Crippen LogP contribution in [0.4, 0.5) is 0 Å². The number of hydrogen-bond acceptors (Lipinski definition) is 3. The Balaban J connectivity index is 3.04. The Kier molecular flexibility index (Phi) is 4.40. The third-order valence-corrected chi connectivity index (χ3v) is 2.32. The van der Waals surface area contributed by atoms with E-state index in [0.717, 1.165) is 0 Å². The zero-order chi connectivity index (χ0) is 13.0. The second kappa shape index (κ2) is 5.59. The highest BCUT2D eigenvalue weighted by molar-refractivity contribution is 5.98. The number of carbonyl (C=O) groups excluding carboxylic acids is 1. The topological polar surface area (TPSA) is 63.6 Å². The number of aromatic carboxylic acids is 1. The Morgan fingerprint density at radius 3 is 2.47 bits per heavy atom. The lowest BCUT2D eigenvalue weighted by molar-refractivity contribution is 0.0606. The molecule has 0 aromatic heterocycles. The van der Waals surface area contributed by atoms with Gasteiger partial charge in [-0.3, -0.25) is 4.79 Å². The zero-order valence-electron chi connectivity index (χ0n) is 10.2. The molecule has 0 unspecified atom stereocenters. The Morgan fingerprint density at radius 1 is 1.35 bits per heavy atom. The predicted molar refractivity (Wildman–Crippen MR) is 63.3 cm³/mol. The van der Waals surface area contributed by atoms with E-state index in [1.807, 2.05) is 13.8 Å². The number of rotatable bonds is 5. The van der Waals surface area contributed by atoms with Gasteiger partial charge in [-0.2, -0.15) is 0 Å². The van der Waals surface area contributed by atoms with Crippen LogP contribution in [0, 0.1) is 0 Å². The highest BCUT2D eigenvalue weighted by Crippen LogP contribution is 2.15. The van der Waals surface area contributed by atoms with Gasteiger partial charge in [-0.15, -0.1) is 0 Å². The Bertz CT molecular complexity index is 435. The van der Waals surface area contributed by atoms with Crippen molar-refractivity contribution < 1.29 is 19.4 Å². The van der Waals surface area contributed by atoms with Gasteiger partial charge in [0.2, 0.25) is 0 Å². The Labute approximate surface area is 100 Å². The Morgan fingerprint density at radius 2 is 2.00 bits per heavy atom. The minimum Gasteiger partial charge on any atom is -0.478 e. The average Bonchev–Trinajstić information content (AvgIpc) is 2.25. The van der Waals surface area contributed by atoms with Gasteiger partial charge in [0.1, 0.15) is 0 Å². The van der Waals surface area contributed by atoms with Crippen molar-refractivity contribution in [3.63, 3.8) is 0 Å². The van der Waals surface area contributed by atoms with Crippen molar-refractivity contribution in [2.75, 3.05) is 0 Å². The minimum atomic E-state index is -1.05. The molecule has 4 nitrogen and oxygen atoms in total. The van der Waals surface area contributed by atoms with Crippen LogP contribution in [0.2, 0.25) is 0 Å². The van der Waals surface area contributed by atoms with Crippen LogP contribution in [-0.2, 0) is 11.3 Å². The number of carboxylic acids is 1. The lowest BCUT2D eigenvalue weighted by Crippen LogP contribution is -2.09. The van der Waals surface area contributed by atoms with E-state index in [-0.39, 0.29) is 24.1 Å². The molecule has 92 valence electrons. The maximum Gasteiger partial charge on any atom is 0.336 e. The van der Waals surface area contributed by atoms with E-state index < -0.39 is 5.97 Å². The number of carbonyl (C=O) groups is 2. The van der Waals surface area contributed by atoms with E-state index in [0.29, 0.717) is 11.1 Å². The van der Waals surface area contributed by atoms with Gasteiger partial charge in [0.05, 0.1) is 18.3 Å². The van der Waals surface area contributed by atoms with Crippen molar-refractivity contribution in [2.45, 2.75) is 33.5 Å². The van der Waals surface area contributed by atoms with Crippen LogP contribution in [0.1, 0.15) is 47.1 Å². The summed E-state index contributed by atoms with van der Waals surface area (Å²) in [6.45, 7) is 5.40. The first-order chi connectivity index (χ1) is 7.91. The Hall–Kier alpha value is -1.68. The summed E-state index contributed by atoms with van der Waals surface area (Å²) < 4.78 is 5.37. The molecule has 0 aliphatic heterocycles. The molecule has 1 rings (SSSR count). The number of ketones is 1. The minimum absolute atomic E-state index is 0.0316. The second-order valence-corrected chi connectivity index (χ2v) is 4.09. The lowest BCUT2D eigenvalue weighted by Gasteiger charge is -2.10. The molecule has 0 aliphatic rings. The summed E-state index contributed by atoms with van der Waals surface area (Å²) in [5.74, 6) is -1.20. The summed E-state index contributed by atoms with van der Waals surface area (Å²) in [7, 11) is 0. The summed E-state index contributed by atoms with van der Waals surface area (Å²) >= 11 is 0. The maximum absolute atomic E-state index is 11.2. The molecule has 0 heterocycles. The van der Waals surface area contributed by atoms with E-state index in [9.17, 15) is 9.59 Å². The molecule has 1 aromatic carbocycles. The van der Waals surface area contributed by atoms with Crippen LogP contribution in [0.5, 0.6) is 0 Å². The zero-order valence-corrected chi connectivity index (χ0v) is 10.2. The standard InChI is InChI=1S/C13H16O4/c1-8(2)17-7-11-5-4-10(9(3)14)6-12(11)13(15)16/h4-6,8H,7H2,1-3H3,(H,15,16). The molecule has 0 saturated heterocycles. The third kappa shape index (κ3) is 3.67. The van der Waals surface area contributed by atoms with Crippen molar-refractivity contribution >= 4 is 11.8 Å². The number of Topliss-reactive ketones (excluding diaryl/α,β-unsaturated/α-hetero) is 1. The first kappa shape index (κ1) is 13.4. The van der Waals surface area contributed by atoms with Crippen LogP contribution in [-0.4, -0.2) is 23.0 Å². The van der Waals surface area contributed by atoms with E-state index >= 15 is 0 Å². The molecule has 17 heavy (non-hydrogen) atoms. The molecule has 0 fully saturated rings. The van der Waals surface area contributed by atoms with E-state index in [2.05, 4.69) is 0 Å². The number of hydrogen-bond donors (Lipinski definition) is 1. The van der Waals surface area contributed by atoms with Gasteiger partial charge >= 0.3 is 5.97 Å². The molecule has 0 atom stereocenters. The molecule has 0 bridgehead atoms. The quantitative estimate of drug-likeness (QED) is 0.798. The van der Waals surface area contributed by atoms with Gasteiger partial charge in [0.15, 0.2) is 5.78 Å². The highest BCUT2D eigenvalue weighted by Gasteiger charge is 2.13. The van der Waals surface area contributed by atoms with E-state index in [1.165, 1.54) is 13.0 Å². The molecule has 0 spiro atoms. The van der Waals surface area contributed by atoms with E-state index in [4.69, 9.17) is 9.84 Å². The van der Waals surface area contributed by atoms with Crippen molar-refractivity contribution in [3.05, 3.63) is 34.9 Å². The van der Waals surface area contributed by atoms with Crippen LogP contribution in [0.15, 0.2) is 18.2 Å². The van der Waals surface area contributed by atoms with Crippen molar-refractivity contribution in [1.29, 1.82) is 0 Å². The highest BCUT2D eigenvalue weighted by atomic mass is 16.5. The largest absolute Gasteiger partial charge is 0.478 e. The fourth-order valence-electron chi connectivity index (χ4n) is 1.38. The first-order valence-electron chi connectivity index (χ1n) is 5.40. The molecule has 1 N–H and O–H groups in total. The van der Waals surface area contributed by atoms with Gasteiger partial charge in [-0.25, -0.2) is 4.79 Å². The number of carboxylic acid groups (broad SMARTS) is 1. The fourth-order valence-corrected chi connectivity index (χ4v) is 1.38.